The van der Waals surface area contributed by atoms with E-state index in [1.165, 1.54) is 4.31 Å². The molecule has 1 aromatic rings. The Labute approximate surface area is 158 Å². The molecular formula is C18H23N3O5S. The first-order valence-corrected chi connectivity index (χ1v) is 10.7. The monoisotopic (exact) mass is 393 g/mol. The molecule has 1 N–H and O–H groups in total. The molecule has 2 aliphatic heterocycles. The highest BCUT2D eigenvalue weighted by Crippen LogP contribution is 2.22. The Morgan fingerprint density at radius 2 is 1.67 bits per heavy atom. The fourth-order valence-electron chi connectivity index (χ4n) is 3.42. The van der Waals surface area contributed by atoms with Gasteiger partial charge in [0.05, 0.1) is 16.9 Å². The Kier molecular flexibility index (Phi) is 5.61. The third-order valence-electron chi connectivity index (χ3n) is 5.02. The molecule has 0 bridgehead atoms. The Morgan fingerprint density at radius 1 is 1.11 bits per heavy atom. The van der Waals surface area contributed by atoms with Crippen molar-refractivity contribution in [3.63, 3.8) is 0 Å². The van der Waals surface area contributed by atoms with E-state index >= 15 is 0 Å². The molecule has 1 aromatic carbocycles. The van der Waals surface area contributed by atoms with Gasteiger partial charge in [-0.25, -0.2) is 12.7 Å². The number of fused-ring (bicyclic) bond motifs is 1. The molecule has 2 aliphatic rings. The van der Waals surface area contributed by atoms with Gasteiger partial charge in [-0.3, -0.25) is 19.3 Å². The van der Waals surface area contributed by atoms with E-state index in [4.69, 9.17) is 0 Å². The number of rotatable bonds is 6. The summed E-state index contributed by atoms with van der Waals surface area (Å²) < 4.78 is 25.2. The number of nitrogens with zero attached hydrogens (tertiary/aromatic N) is 2. The van der Waals surface area contributed by atoms with E-state index in [1.54, 1.807) is 31.2 Å². The number of hydrogen-bond donors (Lipinski definition) is 1. The molecule has 2 heterocycles. The van der Waals surface area contributed by atoms with E-state index in [0.29, 0.717) is 37.1 Å². The third kappa shape index (κ3) is 4.03. The lowest BCUT2D eigenvalue weighted by Gasteiger charge is -2.31. The molecule has 0 aromatic heterocycles. The zero-order valence-electron chi connectivity index (χ0n) is 15.2. The number of benzene rings is 1. The number of imide groups is 1. The number of amides is 3. The first-order valence-electron chi connectivity index (χ1n) is 9.06. The maximum Gasteiger partial charge on any atom is 0.261 e. The molecule has 0 saturated carbocycles. The lowest BCUT2D eigenvalue weighted by Crippen LogP contribution is -2.47. The molecular weight excluding hydrogens is 370 g/mol. The number of carbonyl (C=O) groups excluding carboxylic acids is 3. The van der Waals surface area contributed by atoms with Gasteiger partial charge in [0.2, 0.25) is 15.9 Å². The van der Waals surface area contributed by atoms with Crippen molar-refractivity contribution in [1.29, 1.82) is 0 Å². The van der Waals surface area contributed by atoms with Crippen LogP contribution in [-0.2, 0) is 14.8 Å². The Balaban J connectivity index is 1.48. The molecule has 8 nitrogen and oxygen atoms in total. The number of carbonyl (C=O) groups is 3. The molecule has 3 amide bonds. The molecule has 3 rings (SSSR count). The molecule has 0 unspecified atom stereocenters. The smallest absolute Gasteiger partial charge is 0.261 e. The van der Waals surface area contributed by atoms with Gasteiger partial charge in [0.25, 0.3) is 11.8 Å². The minimum atomic E-state index is -3.19. The van der Waals surface area contributed by atoms with Crippen molar-refractivity contribution in [2.75, 3.05) is 25.4 Å². The highest BCUT2D eigenvalue weighted by molar-refractivity contribution is 7.89. The molecule has 9 heteroatoms. The molecule has 146 valence electrons. The summed E-state index contributed by atoms with van der Waals surface area (Å²) in [6.45, 7) is 2.42. The Hall–Kier alpha value is -2.26. The van der Waals surface area contributed by atoms with Gasteiger partial charge >= 0.3 is 0 Å². The van der Waals surface area contributed by atoms with Crippen LogP contribution in [0, 0.1) is 0 Å². The lowest BCUT2D eigenvalue weighted by atomic mass is 10.1. The lowest BCUT2D eigenvalue weighted by molar-refractivity contribution is -0.122. The number of sulfonamides is 1. The van der Waals surface area contributed by atoms with Crippen LogP contribution in [0.25, 0.3) is 0 Å². The van der Waals surface area contributed by atoms with Crippen molar-refractivity contribution in [1.82, 2.24) is 14.5 Å². The Morgan fingerprint density at radius 3 is 2.19 bits per heavy atom. The summed E-state index contributed by atoms with van der Waals surface area (Å²) in [7, 11) is -3.19. The van der Waals surface area contributed by atoms with Crippen molar-refractivity contribution in [3.05, 3.63) is 35.4 Å². The van der Waals surface area contributed by atoms with E-state index < -0.39 is 10.0 Å². The van der Waals surface area contributed by atoms with Crippen LogP contribution >= 0.6 is 0 Å². The highest BCUT2D eigenvalue weighted by atomic mass is 32.2. The predicted octanol–water partition coefficient (Wildman–Crippen LogP) is 0.603. The zero-order chi connectivity index (χ0) is 19.6. The number of piperidine rings is 1. The van der Waals surface area contributed by atoms with Crippen LogP contribution in [0.5, 0.6) is 0 Å². The number of hydrogen-bond acceptors (Lipinski definition) is 5. The third-order valence-corrected chi connectivity index (χ3v) is 6.90. The van der Waals surface area contributed by atoms with E-state index in [9.17, 15) is 22.8 Å². The maximum absolute atomic E-state index is 12.3. The van der Waals surface area contributed by atoms with Crippen LogP contribution in [0.4, 0.5) is 0 Å². The highest BCUT2D eigenvalue weighted by Gasteiger charge is 2.35. The SMILES string of the molecule is CCS(=O)(=O)N1CCC(NC(=O)CCN2C(=O)c3ccccc3C2=O)CC1. The van der Waals surface area contributed by atoms with E-state index in [1.807, 2.05) is 0 Å². The Bertz CT molecular complexity index is 825. The molecule has 1 fully saturated rings. The fourth-order valence-corrected chi connectivity index (χ4v) is 4.55. The van der Waals surface area contributed by atoms with Crippen LogP contribution in [0.2, 0.25) is 0 Å². The van der Waals surface area contributed by atoms with Gasteiger partial charge in [-0.2, -0.15) is 0 Å². The summed E-state index contributed by atoms with van der Waals surface area (Å²) >= 11 is 0. The van der Waals surface area contributed by atoms with Gasteiger partial charge in [-0.05, 0) is 31.9 Å². The second kappa shape index (κ2) is 7.77. The summed E-state index contributed by atoms with van der Waals surface area (Å²) in [5, 5.41) is 2.87. The first-order chi connectivity index (χ1) is 12.8. The van der Waals surface area contributed by atoms with Crippen molar-refractivity contribution >= 4 is 27.7 Å². The van der Waals surface area contributed by atoms with Crippen LogP contribution in [0.3, 0.4) is 0 Å². The summed E-state index contributed by atoms with van der Waals surface area (Å²) in [6.07, 6.45) is 1.13. The van der Waals surface area contributed by atoms with E-state index in [-0.39, 0.29) is 42.5 Å². The van der Waals surface area contributed by atoms with Gasteiger partial charge in [-0.1, -0.05) is 12.1 Å². The molecule has 0 aliphatic carbocycles. The van der Waals surface area contributed by atoms with Crippen molar-refractivity contribution in [3.8, 4) is 0 Å². The summed E-state index contributed by atoms with van der Waals surface area (Å²) in [5.74, 6) is -0.920. The van der Waals surface area contributed by atoms with Crippen LogP contribution in [-0.4, -0.2) is 66.8 Å². The number of nitrogens with one attached hydrogen (secondary N) is 1. The summed E-state index contributed by atoms with van der Waals surface area (Å²) in [4.78, 5) is 37.9. The molecule has 0 radical (unpaired) electrons. The standard InChI is InChI=1S/C18H23N3O5S/c1-2-27(25,26)20-10-7-13(8-11-20)19-16(22)9-12-21-17(23)14-5-3-4-6-15(14)18(21)24/h3-6,13H,2,7-12H2,1H3,(H,19,22). The fraction of sp³-hybridized carbons (Fsp3) is 0.500. The zero-order valence-corrected chi connectivity index (χ0v) is 16.0. The average molecular weight is 393 g/mol. The summed E-state index contributed by atoms with van der Waals surface area (Å²) in [6, 6.07) is 6.51. The minimum Gasteiger partial charge on any atom is -0.353 e. The van der Waals surface area contributed by atoms with Crippen LogP contribution in [0.15, 0.2) is 24.3 Å². The minimum absolute atomic E-state index is 0.0267. The summed E-state index contributed by atoms with van der Waals surface area (Å²) in [5.41, 5.74) is 0.736. The quantitative estimate of drug-likeness (QED) is 0.713. The molecule has 27 heavy (non-hydrogen) atoms. The first kappa shape index (κ1) is 19.5. The van der Waals surface area contributed by atoms with Gasteiger partial charge in [0.1, 0.15) is 0 Å². The van der Waals surface area contributed by atoms with Crippen molar-refractivity contribution < 1.29 is 22.8 Å². The van der Waals surface area contributed by atoms with E-state index in [0.717, 1.165) is 4.90 Å². The predicted molar refractivity (Wildman–Crippen MR) is 98.6 cm³/mol. The molecule has 0 spiro atoms. The normalized spacial score (nSPS) is 18.6. The van der Waals surface area contributed by atoms with Gasteiger partial charge in [0.15, 0.2) is 0 Å². The van der Waals surface area contributed by atoms with Crippen LogP contribution in [0.1, 0.15) is 46.9 Å². The largest absolute Gasteiger partial charge is 0.353 e. The van der Waals surface area contributed by atoms with Crippen molar-refractivity contribution in [2.24, 2.45) is 0 Å². The average Bonchev–Trinajstić information content (AvgIpc) is 2.91. The van der Waals surface area contributed by atoms with Gasteiger partial charge in [0, 0.05) is 32.1 Å². The molecule has 0 atom stereocenters. The van der Waals surface area contributed by atoms with Crippen molar-refractivity contribution in [2.45, 2.75) is 32.2 Å². The topological polar surface area (TPSA) is 104 Å². The second-order valence-electron chi connectivity index (χ2n) is 6.70. The molecule has 1 saturated heterocycles. The van der Waals surface area contributed by atoms with Gasteiger partial charge < -0.3 is 5.32 Å². The maximum atomic E-state index is 12.3. The van der Waals surface area contributed by atoms with Crippen LogP contribution < -0.4 is 5.32 Å². The van der Waals surface area contributed by atoms with E-state index in [2.05, 4.69) is 5.32 Å². The van der Waals surface area contributed by atoms with Gasteiger partial charge in [-0.15, -0.1) is 0 Å². The second-order valence-corrected chi connectivity index (χ2v) is 8.96.